The molecule has 0 aromatic heterocycles. The molecule has 66 valence electrons. The lowest BCUT2D eigenvalue weighted by Crippen LogP contribution is -2.25. The van der Waals surface area contributed by atoms with Crippen molar-refractivity contribution in [3.8, 4) is 0 Å². The summed E-state index contributed by atoms with van der Waals surface area (Å²) in [4.78, 5) is 0. The topological polar surface area (TPSA) is 12.0 Å². The normalized spacial score (nSPS) is 40.1. The van der Waals surface area contributed by atoms with Crippen molar-refractivity contribution in [3.63, 3.8) is 0 Å². The molecule has 1 saturated carbocycles. The Morgan fingerprint density at radius 1 is 1.00 bits per heavy atom. The summed E-state index contributed by atoms with van der Waals surface area (Å²) >= 11 is 0. The summed E-state index contributed by atoms with van der Waals surface area (Å²) in [5.41, 5.74) is 0. The van der Waals surface area contributed by atoms with Gasteiger partial charge in [-0.1, -0.05) is 13.8 Å². The molecule has 1 N–H and O–H groups in total. The highest BCUT2D eigenvalue weighted by Gasteiger charge is 2.19. The van der Waals surface area contributed by atoms with E-state index in [1.807, 2.05) is 0 Å². The maximum absolute atomic E-state index is 3.39. The van der Waals surface area contributed by atoms with E-state index in [4.69, 9.17) is 0 Å². The van der Waals surface area contributed by atoms with E-state index < -0.39 is 0 Å². The van der Waals surface area contributed by atoms with Crippen LogP contribution in [0.2, 0.25) is 0 Å². The standard InChI is InChI=1S/C10H21N/c1-8-4-5-10(11-3)7-9(2)6-8/h8-11H,4-7H2,1-3H3. The lowest BCUT2D eigenvalue weighted by atomic mass is 9.96. The SMILES string of the molecule is CNC1CCC(C)CC(C)C1. The van der Waals surface area contributed by atoms with Gasteiger partial charge in [0.15, 0.2) is 0 Å². The van der Waals surface area contributed by atoms with E-state index >= 15 is 0 Å². The van der Waals surface area contributed by atoms with E-state index in [9.17, 15) is 0 Å². The minimum Gasteiger partial charge on any atom is -0.317 e. The zero-order valence-corrected chi connectivity index (χ0v) is 8.06. The molecule has 1 nitrogen and oxygen atoms in total. The van der Waals surface area contributed by atoms with Crippen LogP contribution in [0.3, 0.4) is 0 Å². The first-order chi connectivity index (χ1) is 5.22. The second kappa shape index (κ2) is 4.10. The second-order valence-electron chi connectivity index (χ2n) is 4.24. The molecule has 0 heterocycles. The molecule has 0 radical (unpaired) electrons. The molecule has 0 saturated heterocycles. The van der Waals surface area contributed by atoms with Gasteiger partial charge in [0, 0.05) is 6.04 Å². The van der Waals surface area contributed by atoms with Gasteiger partial charge in [0.25, 0.3) is 0 Å². The molecule has 1 aliphatic carbocycles. The monoisotopic (exact) mass is 155 g/mol. The van der Waals surface area contributed by atoms with Gasteiger partial charge in [-0.15, -0.1) is 0 Å². The van der Waals surface area contributed by atoms with Gasteiger partial charge in [-0.05, 0) is 44.6 Å². The maximum Gasteiger partial charge on any atom is 0.00667 e. The number of hydrogen-bond donors (Lipinski definition) is 1. The Kier molecular flexibility index (Phi) is 3.38. The molecule has 11 heavy (non-hydrogen) atoms. The van der Waals surface area contributed by atoms with Crippen molar-refractivity contribution >= 4 is 0 Å². The Morgan fingerprint density at radius 3 is 2.36 bits per heavy atom. The van der Waals surface area contributed by atoms with Gasteiger partial charge < -0.3 is 5.32 Å². The zero-order chi connectivity index (χ0) is 8.27. The number of rotatable bonds is 1. The summed E-state index contributed by atoms with van der Waals surface area (Å²) < 4.78 is 0. The molecule has 1 aliphatic rings. The van der Waals surface area contributed by atoms with Crippen LogP contribution < -0.4 is 5.32 Å². The summed E-state index contributed by atoms with van der Waals surface area (Å²) in [6, 6.07) is 0.787. The second-order valence-corrected chi connectivity index (χ2v) is 4.24. The molecule has 3 unspecified atom stereocenters. The van der Waals surface area contributed by atoms with Crippen LogP contribution in [-0.2, 0) is 0 Å². The predicted molar refractivity (Wildman–Crippen MR) is 49.6 cm³/mol. The highest BCUT2D eigenvalue weighted by molar-refractivity contribution is 4.75. The van der Waals surface area contributed by atoms with Gasteiger partial charge in [-0.25, -0.2) is 0 Å². The van der Waals surface area contributed by atoms with Crippen LogP contribution in [-0.4, -0.2) is 13.1 Å². The molecule has 1 fully saturated rings. The van der Waals surface area contributed by atoms with Crippen LogP contribution in [0, 0.1) is 11.8 Å². The fraction of sp³-hybridized carbons (Fsp3) is 1.00. The third-order valence-corrected chi connectivity index (χ3v) is 2.91. The minimum atomic E-state index is 0.787. The van der Waals surface area contributed by atoms with Gasteiger partial charge in [0.1, 0.15) is 0 Å². The first-order valence-electron chi connectivity index (χ1n) is 4.89. The molecule has 0 amide bonds. The molecule has 0 spiro atoms. The highest BCUT2D eigenvalue weighted by atomic mass is 14.9. The molecular formula is C10H21N. The Morgan fingerprint density at radius 2 is 1.73 bits per heavy atom. The number of nitrogens with one attached hydrogen (secondary N) is 1. The van der Waals surface area contributed by atoms with E-state index in [2.05, 4.69) is 26.2 Å². The Balaban J connectivity index is 2.39. The average Bonchev–Trinajstić information content (AvgIpc) is 2.11. The molecule has 0 aliphatic heterocycles. The van der Waals surface area contributed by atoms with Crippen molar-refractivity contribution in [2.24, 2.45) is 11.8 Å². The van der Waals surface area contributed by atoms with Crippen molar-refractivity contribution in [2.45, 2.75) is 45.6 Å². The molecule has 0 bridgehead atoms. The molecule has 3 atom stereocenters. The van der Waals surface area contributed by atoms with Crippen LogP contribution in [0.1, 0.15) is 39.5 Å². The number of hydrogen-bond acceptors (Lipinski definition) is 1. The Bertz CT molecular complexity index is 111. The van der Waals surface area contributed by atoms with E-state index in [0.717, 1.165) is 17.9 Å². The van der Waals surface area contributed by atoms with Crippen molar-refractivity contribution < 1.29 is 0 Å². The van der Waals surface area contributed by atoms with Crippen LogP contribution in [0.25, 0.3) is 0 Å². The van der Waals surface area contributed by atoms with E-state index in [0.29, 0.717) is 0 Å². The van der Waals surface area contributed by atoms with Gasteiger partial charge in [0.2, 0.25) is 0 Å². The molecule has 1 heteroatoms. The average molecular weight is 155 g/mol. The smallest absolute Gasteiger partial charge is 0.00667 e. The van der Waals surface area contributed by atoms with Crippen molar-refractivity contribution in [2.75, 3.05) is 7.05 Å². The summed E-state index contributed by atoms with van der Waals surface area (Å²) in [6.45, 7) is 4.76. The van der Waals surface area contributed by atoms with Gasteiger partial charge >= 0.3 is 0 Å². The quantitative estimate of drug-likeness (QED) is 0.573. The van der Waals surface area contributed by atoms with Crippen LogP contribution in [0.4, 0.5) is 0 Å². The van der Waals surface area contributed by atoms with E-state index in [1.54, 1.807) is 0 Å². The fourth-order valence-electron chi connectivity index (χ4n) is 2.25. The van der Waals surface area contributed by atoms with Crippen molar-refractivity contribution in [3.05, 3.63) is 0 Å². The molecule has 1 rings (SSSR count). The van der Waals surface area contributed by atoms with Crippen LogP contribution >= 0.6 is 0 Å². The van der Waals surface area contributed by atoms with Crippen molar-refractivity contribution in [1.82, 2.24) is 5.32 Å². The molecule has 0 aromatic carbocycles. The van der Waals surface area contributed by atoms with Gasteiger partial charge in [-0.2, -0.15) is 0 Å². The first-order valence-corrected chi connectivity index (χ1v) is 4.89. The van der Waals surface area contributed by atoms with Crippen LogP contribution in [0.15, 0.2) is 0 Å². The maximum atomic E-state index is 3.39. The summed E-state index contributed by atoms with van der Waals surface area (Å²) in [5, 5.41) is 3.39. The summed E-state index contributed by atoms with van der Waals surface area (Å²) in [7, 11) is 2.09. The Labute approximate surface area is 70.6 Å². The molecular weight excluding hydrogens is 134 g/mol. The lowest BCUT2D eigenvalue weighted by Gasteiger charge is -2.15. The van der Waals surface area contributed by atoms with Crippen LogP contribution in [0.5, 0.6) is 0 Å². The van der Waals surface area contributed by atoms with Crippen molar-refractivity contribution in [1.29, 1.82) is 0 Å². The fourth-order valence-corrected chi connectivity index (χ4v) is 2.25. The van der Waals surface area contributed by atoms with Gasteiger partial charge in [0.05, 0.1) is 0 Å². The minimum absolute atomic E-state index is 0.787. The third-order valence-electron chi connectivity index (χ3n) is 2.91. The largest absolute Gasteiger partial charge is 0.317 e. The highest BCUT2D eigenvalue weighted by Crippen LogP contribution is 2.26. The van der Waals surface area contributed by atoms with E-state index in [-0.39, 0.29) is 0 Å². The predicted octanol–water partition coefficient (Wildman–Crippen LogP) is 2.42. The summed E-state index contributed by atoms with van der Waals surface area (Å²) in [6.07, 6.45) is 5.59. The van der Waals surface area contributed by atoms with E-state index in [1.165, 1.54) is 25.7 Å². The molecule has 0 aromatic rings. The zero-order valence-electron chi connectivity index (χ0n) is 8.06. The Hall–Kier alpha value is -0.0400. The summed E-state index contributed by atoms with van der Waals surface area (Å²) in [5.74, 6) is 1.87. The lowest BCUT2D eigenvalue weighted by molar-refractivity contribution is 0.407. The first kappa shape index (κ1) is 9.05. The third kappa shape index (κ3) is 2.82. The van der Waals surface area contributed by atoms with Gasteiger partial charge in [-0.3, -0.25) is 0 Å².